The van der Waals surface area contributed by atoms with Crippen LogP contribution in [0.5, 0.6) is 0 Å². The van der Waals surface area contributed by atoms with Crippen molar-refractivity contribution in [1.82, 2.24) is 0 Å². The van der Waals surface area contributed by atoms with E-state index in [1.807, 2.05) is 0 Å². The fourth-order valence-corrected chi connectivity index (χ4v) is 0. The van der Waals surface area contributed by atoms with Gasteiger partial charge in [0.2, 0.25) is 0 Å². The zero-order valence-electron chi connectivity index (χ0n) is 1.63. The Hall–Kier alpha value is 2.95. The third-order valence-electron chi connectivity index (χ3n) is 0. The normalized spacial score (nSPS) is 0. The molecule has 0 saturated carbocycles. The van der Waals surface area contributed by atoms with E-state index in [9.17, 15) is 0 Å². The summed E-state index contributed by atoms with van der Waals surface area (Å²) in [7, 11) is 0. The van der Waals surface area contributed by atoms with Crippen molar-refractivity contribution >= 4 is 43.6 Å². The molecule has 5 heavy (non-hydrogen) atoms. The van der Waals surface area contributed by atoms with Crippen LogP contribution in [0.3, 0.4) is 0 Å². The van der Waals surface area contributed by atoms with Gasteiger partial charge in [0, 0.05) is 50.6 Å². The predicted molar refractivity (Wildman–Crippen MR) is 19.9 cm³/mol. The maximum absolute atomic E-state index is 0. The average Bonchev–Trinajstić information content (AvgIpc) is 0. The smallest absolute Gasteiger partial charge is 0 e. The van der Waals surface area contributed by atoms with E-state index in [1.165, 1.54) is 0 Å². The molecule has 0 aromatic heterocycles. The van der Waals surface area contributed by atoms with Gasteiger partial charge in [-0.1, -0.05) is 0 Å². The summed E-state index contributed by atoms with van der Waals surface area (Å²) < 4.78 is 0. The first-order chi connectivity index (χ1) is 0. The Balaban J connectivity index is 0. The minimum absolute atomic E-state index is 0. The summed E-state index contributed by atoms with van der Waals surface area (Å²) in [6.07, 6.45) is 0. The van der Waals surface area contributed by atoms with E-state index < -0.39 is 0 Å². The van der Waals surface area contributed by atoms with E-state index in [0.717, 1.165) is 0 Å². The second-order valence-corrected chi connectivity index (χ2v) is 0. The summed E-state index contributed by atoms with van der Waals surface area (Å²) >= 11 is 0. The van der Waals surface area contributed by atoms with E-state index in [4.69, 9.17) is 0 Å². The second kappa shape index (κ2) is 28.3. The summed E-state index contributed by atoms with van der Waals surface area (Å²) in [6.45, 7) is 0. The molecule has 0 saturated heterocycles. The Morgan fingerprint density at radius 3 is 0.800 bits per heavy atom. The second-order valence-electron chi connectivity index (χ2n) is 0. The van der Waals surface area contributed by atoms with Gasteiger partial charge in [0.25, 0.3) is 0 Å². The quantitative estimate of drug-likeness (QED) is 0.379. The van der Waals surface area contributed by atoms with Gasteiger partial charge in [0.15, 0.2) is 17.4 Å². The van der Waals surface area contributed by atoms with Gasteiger partial charge in [0.05, 0.1) is 0 Å². The van der Waals surface area contributed by atoms with Gasteiger partial charge in [0.1, 0.15) is 0 Å². The topological polar surface area (TPSA) is 0 Å². The van der Waals surface area contributed by atoms with Crippen molar-refractivity contribution in [2.24, 2.45) is 0 Å². The molecule has 0 nitrogen and oxygen atoms in total. The van der Waals surface area contributed by atoms with Gasteiger partial charge in [-0.05, 0) is 0 Å². The van der Waals surface area contributed by atoms with Crippen molar-refractivity contribution in [2.45, 2.75) is 0 Å². The molecule has 0 atom stereocenters. The van der Waals surface area contributed by atoms with Gasteiger partial charge >= 0.3 is 26.2 Å². The third-order valence-corrected chi connectivity index (χ3v) is 0. The Morgan fingerprint density at radius 1 is 0.800 bits per heavy atom. The average molecular weight is 428 g/mol. The molecule has 0 aromatic rings. The van der Waals surface area contributed by atoms with Crippen LogP contribution in [0.4, 0.5) is 0 Å². The molecule has 0 rings (SSSR count). The molecular formula is H6AlBiCu2Ni. The number of hydrogen-bond donors (Lipinski definition) is 0. The Bertz CT molecular complexity index is 9.61. The SMILES string of the molecule is [AlH3].[BiH3].[Cu].[Cu].[Ni]. The van der Waals surface area contributed by atoms with Crippen molar-refractivity contribution in [3.05, 3.63) is 0 Å². The Morgan fingerprint density at radius 2 is 0.800 bits per heavy atom. The standard InChI is InChI=1S/Al.Bi.2Cu.Ni.6H. The fourth-order valence-electron chi connectivity index (χ4n) is 0. The molecule has 0 aliphatic heterocycles. The molecule has 5 heteroatoms. The van der Waals surface area contributed by atoms with Crippen LogP contribution >= 0.6 is 0 Å². The van der Waals surface area contributed by atoms with Crippen LogP contribution in [-0.4, -0.2) is 43.6 Å². The van der Waals surface area contributed by atoms with Crippen LogP contribution in [0, 0.1) is 0 Å². The van der Waals surface area contributed by atoms with Crippen molar-refractivity contribution in [3.8, 4) is 0 Å². The molecule has 2 radical (unpaired) electrons. The summed E-state index contributed by atoms with van der Waals surface area (Å²) in [5.41, 5.74) is 0. The molecular weight excluding hydrogens is 422 g/mol. The van der Waals surface area contributed by atoms with Crippen LogP contribution in [0.1, 0.15) is 0 Å². The maximum atomic E-state index is 0. The first kappa shape index (κ1) is 44.1. The van der Waals surface area contributed by atoms with E-state index in [2.05, 4.69) is 0 Å². The van der Waals surface area contributed by atoms with Crippen LogP contribution < -0.4 is 0 Å². The largest absolute Gasteiger partial charge is 0 e. The van der Waals surface area contributed by atoms with E-state index in [0.29, 0.717) is 0 Å². The molecule has 0 bridgehead atoms. The van der Waals surface area contributed by atoms with E-state index in [-0.39, 0.29) is 94.2 Å². The summed E-state index contributed by atoms with van der Waals surface area (Å²) in [4.78, 5) is 0. The van der Waals surface area contributed by atoms with Crippen LogP contribution in [0.25, 0.3) is 0 Å². The van der Waals surface area contributed by atoms with Crippen molar-refractivity contribution in [2.75, 3.05) is 0 Å². The van der Waals surface area contributed by atoms with Crippen LogP contribution in [0.15, 0.2) is 0 Å². The molecule has 0 fully saturated rings. The molecule has 0 unspecified atom stereocenters. The minimum atomic E-state index is 0. The van der Waals surface area contributed by atoms with Gasteiger partial charge < -0.3 is 0 Å². The molecule has 0 aliphatic rings. The van der Waals surface area contributed by atoms with Gasteiger partial charge in [-0.25, -0.2) is 0 Å². The van der Waals surface area contributed by atoms with Gasteiger partial charge in [-0.2, -0.15) is 0 Å². The minimum Gasteiger partial charge on any atom is 0 e. The number of hydrogen-bond acceptors (Lipinski definition) is 0. The monoisotopic (exact) mass is 426 g/mol. The fraction of sp³-hybridized carbons (Fsp3) is 0. The zero-order chi connectivity index (χ0) is 0. The summed E-state index contributed by atoms with van der Waals surface area (Å²) in [6, 6.07) is 0. The molecule has 0 spiro atoms. The molecule has 0 aliphatic carbocycles. The van der Waals surface area contributed by atoms with Crippen LogP contribution in [0.2, 0.25) is 0 Å². The Labute approximate surface area is 92.7 Å². The van der Waals surface area contributed by atoms with E-state index in [1.54, 1.807) is 0 Å². The summed E-state index contributed by atoms with van der Waals surface area (Å²) in [5.74, 6) is 0. The van der Waals surface area contributed by atoms with Crippen molar-refractivity contribution < 1.29 is 50.6 Å². The first-order valence-corrected chi connectivity index (χ1v) is 0. The maximum Gasteiger partial charge on any atom is 0 e. The van der Waals surface area contributed by atoms with E-state index >= 15 is 0 Å². The van der Waals surface area contributed by atoms with Crippen LogP contribution in [-0.2, 0) is 50.6 Å². The molecule has 0 heterocycles. The zero-order valence-corrected chi connectivity index (χ0v) is 10.00. The molecule has 0 amide bonds. The van der Waals surface area contributed by atoms with Crippen molar-refractivity contribution in [1.29, 1.82) is 0 Å². The van der Waals surface area contributed by atoms with Gasteiger partial charge in [-0.3, -0.25) is 0 Å². The first-order valence-electron chi connectivity index (χ1n) is 0. The molecule has 0 aromatic carbocycles. The molecule has 46 valence electrons. The predicted octanol–water partition coefficient (Wildman–Crippen LogP) is -2.38. The molecule has 0 N–H and O–H groups in total. The summed E-state index contributed by atoms with van der Waals surface area (Å²) in [5, 5.41) is 0. The number of rotatable bonds is 0. The van der Waals surface area contributed by atoms with Gasteiger partial charge in [-0.15, -0.1) is 0 Å². The third kappa shape index (κ3) is 19.6. The Kier molecular flexibility index (Phi) is 250. The van der Waals surface area contributed by atoms with Crippen molar-refractivity contribution in [3.63, 3.8) is 0 Å².